The summed E-state index contributed by atoms with van der Waals surface area (Å²) in [5, 5.41) is 2.98. The number of nitrogens with one attached hydrogen (secondary N) is 1. The van der Waals surface area contributed by atoms with Crippen molar-refractivity contribution in [3.05, 3.63) is 65.7 Å². The fourth-order valence-electron chi connectivity index (χ4n) is 4.10. The van der Waals surface area contributed by atoms with Gasteiger partial charge in [-0.1, -0.05) is 31.2 Å². The molecule has 2 heterocycles. The minimum absolute atomic E-state index is 0.0889. The zero-order chi connectivity index (χ0) is 21.8. The number of anilines is 1. The van der Waals surface area contributed by atoms with Gasteiger partial charge in [0, 0.05) is 12.6 Å². The molecule has 4 rings (SSSR count). The molecule has 1 atom stereocenters. The van der Waals surface area contributed by atoms with Gasteiger partial charge in [0.05, 0.1) is 5.69 Å². The minimum atomic E-state index is -0.408. The number of likely N-dealkylation sites (tertiary alicyclic amines) is 1. The summed E-state index contributed by atoms with van der Waals surface area (Å²) in [6.45, 7) is 4.62. The third-order valence-corrected chi connectivity index (χ3v) is 5.74. The van der Waals surface area contributed by atoms with Crippen LogP contribution >= 0.6 is 0 Å². The molecule has 1 unspecified atom stereocenters. The molecule has 162 valence electrons. The predicted molar refractivity (Wildman–Crippen MR) is 117 cm³/mol. The van der Waals surface area contributed by atoms with Crippen LogP contribution in [0, 0.1) is 5.82 Å². The Bertz CT molecular complexity index is 990. The molecule has 0 aliphatic carbocycles. The molecule has 31 heavy (non-hydrogen) atoms. The number of rotatable bonds is 6. The molecule has 2 amide bonds. The van der Waals surface area contributed by atoms with Crippen molar-refractivity contribution < 1.29 is 18.7 Å². The number of nitrogens with zero attached hydrogens (tertiary/aromatic N) is 2. The highest BCUT2D eigenvalue weighted by atomic mass is 19.1. The van der Waals surface area contributed by atoms with Crippen molar-refractivity contribution >= 4 is 23.6 Å². The number of amides is 2. The van der Waals surface area contributed by atoms with Crippen LogP contribution in [0.25, 0.3) is 6.08 Å². The van der Waals surface area contributed by atoms with Crippen molar-refractivity contribution in [2.45, 2.75) is 25.8 Å². The summed E-state index contributed by atoms with van der Waals surface area (Å²) in [6.07, 6.45) is 3.76. The van der Waals surface area contributed by atoms with Gasteiger partial charge in [-0.15, -0.1) is 0 Å². The zero-order valence-electron chi connectivity index (χ0n) is 17.5. The van der Waals surface area contributed by atoms with Gasteiger partial charge in [-0.25, -0.2) is 4.39 Å². The van der Waals surface area contributed by atoms with Crippen LogP contribution in [-0.2, 0) is 9.59 Å². The highest BCUT2D eigenvalue weighted by Gasteiger charge is 2.32. The predicted octanol–water partition coefficient (Wildman–Crippen LogP) is 3.19. The Kier molecular flexibility index (Phi) is 6.32. The molecule has 1 saturated heterocycles. The van der Waals surface area contributed by atoms with Gasteiger partial charge in [0.25, 0.3) is 5.91 Å². The van der Waals surface area contributed by atoms with Crippen LogP contribution < -0.4 is 15.0 Å². The second kappa shape index (κ2) is 9.31. The van der Waals surface area contributed by atoms with Crippen molar-refractivity contribution in [1.82, 2.24) is 10.2 Å². The number of hydrogen-bond acceptors (Lipinski definition) is 4. The van der Waals surface area contributed by atoms with Crippen LogP contribution in [0.3, 0.4) is 0 Å². The first-order valence-corrected chi connectivity index (χ1v) is 10.6. The van der Waals surface area contributed by atoms with Gasteiger partial charge in [0.2, 0.25) is 5.91 Å². The summed E-state index contributed by atoms with van der Waals surface area (Å²) in [7, 11) is 0. The second-order valence-corrected chi connectivity index (χ2v) is 7.75. The maximum Gasteiger partial charge on any atom is 0.294 e. The van der Waals surface area contributed by atoms with E-state index in [4.69, 9.17) is 4.74 Å². The molecule has 1 N–H and O–H groups in total. The monoisotopic (exact) mass is 423 g/mol. The van der Waals surface area contributed by atoms with Gasteiger partial charge in [-0.05, 0) is 61.8 Å². The van der Waals surface area contributed by atoms with Gasteiger partial charge in [0.15, 0.2) is 11.5 Å². The maximum atomic E-state index is 13.2. The third kappa shape index (κ3) is 4.77. The van der Waals surface area contributed by atoms with Crippen LogP contribution in [-0.4, -0.2) is 48.9 Å². The Balaban J connectivity index is 1.50. The molecule has 0 aromatic heterocycles. The first-order chi connectivity index (χ1) is 15.0. The van der Waals surface area contributed by atoms with E-state index in [0.717, 1.165) is 25.9 Å². The minimum Gasteiger partial charge on any atom is -0.449 e. The quantitative estimate of drug-likeness (QED) is 0.725. The van der Waals surface area contributed by atoms with Crippen LogP contribution in [0.2, 0.25) is 0 Å². The molecular formula is C24H26FN3O3. The fourth-order valence-corrected chi connectivity index (χ4v) is 4.10. The fraction of sp³-hybridized carbons (Fsp3) is 0.333. The Hall–Kier alpha value is -3.19. The van der Waals surface area contributed by atoms with Crippen molar-refractivity contribution in [2.75, 3.05) is 31.1 Å². The van der Waals surface area contributed by atoms with E-state index in [0.29, 0.717) is 29.6 Å². The number of para-hydroxylation sites is 2. The number of carbonyl (C=O) groups is 2. The summed E-state index contributed by atoms with van der Waals surface area (Å²) in [5.41, 5.74) is 1.18. The van der Waals surface area contributed by atoms with Gasteiger partial charge in [-0.3, -0.25) is 19.4 Å². The number of fused-ring (bicyclic) bond motifs is 1. The molecule has 0 spiro atoms. The lowest BCUT2D eigenvalue weighted by Crippen LogP contribution is -2.47. The normalized spacial score (nSPS) is 19.9. The molecule has 2 aliphatic rings. The van der Waals surface area contributed by atoms with E-state index in [-0.39, 0.29) is 24.0 Å². The Morgan fingerprint density at radius 1 is 1.23 bits per heavy atom. The number of likely N-dealkylation sites (N-methyl/N-ethyl adjacent to an activating group) is 1. The average Bonchev–Trinajstić information content (AvgIpc) is 3.24. The smallest absolute Gasteiger partial charge is 0.294 e. The average molecular weight is 423 g/mol. The topological polar surface area (TPSA) is 61.9 Å². The third-order valence-electron chi connectivity index (χ3n) is 5.74. The first-order valence-electron chi connectivity index (χ1n) is 10.6. The van der Waals surface area contributed by atoms with Crippen molar-refractivity contribution in [1.29, 1.82) is 0 Å². The van der Waals surface area contributed by atoms with Crippen LogP contribution in [0.1, 0.15) is 25.3 Å². The van der Waals surface area contributed by atoms with Gasteiger partial charge in [-0.2, -0.15) is 0 Å². The number of carbonyl (C=O) groups excluding carboxylic acids is 2. The summed E-state index contributed by atoms with van der Waals surface area (Å²) in [5.74, 6) is -0.392. The molecule has 7 heteroatoms. The highest BCUT2D eigenvalue weighted by Crippen LogP contribution is 2.35. The molecular weight excluding hydrogens is 397 g/mol. The van der Waals surface area contributed by atoms with E-state index in [2.05, 4.69) is 17.1 Å². The molecule has 0 radical (unpaired) electrons. The lowest BCUT2D eigenvalue weighted by atomic mass is 10.1. The van der Waals surface area contributed by atoms with Crippen LogP contribution in [0.4, 0.5) is 10.1 Å². The lowest BCUT2D eigenvalue weighted by molar-refractivity contribution is -0.123. The van der Waals surface area contributed by atoms with E-state index in [1.807, 2.05) is 6.07 Å². The zero-order valence-corrected chi connectivity index (χ0v) is 17.5. The van der Waals surface area contributed by atoms with Crippen molar-refractivity contribution in [3.63, 3.8) is 0 Å². The van der Waals surface area contributed by atoms with Crippen LogP contribution in [0.5, 0.6) is 5.75 Å². The second-order valence-electron chi connectivity index (χ2n) is 7.75. The largest absolute Gasteiger partial charge is 0.449 e. The standard InChI is InChI=1S/C24H26FN3O3/c1-2-27-13-5-6-19(27)15-26-23(29)16-28-20-7-3-4-8-21(20)31-22(24(28)30)14-17-9-11-18(25)12-10-17/h3-4,7-12,14,19H,2,5-6,13,15-16H2,1H3,(H,26,29). The van der Waals surface area contributed by atoms with Crippen molar-refractivity contribution in [2.24, 2.45) is 0 Å². The van der Waals surface area contributed by atoms with Gasteiger partial charge in [0.1, 0.15) is 12.4 Å². The van der Waals surface area contributed by atoms with Gasteiger partial charge >= 0.3 is 0 Å². The molecule has 0 bridgehead atoms. The summed E-state index contributed by atoms with van der Waals surface area (Å²) in [6, 6.07) is 13.2. The van der Waals surface area contributed by atoms with E-state index in [1.165, 1.54) is 17.0 Å². The number of hydrogen-bond donors (Lipinski definition) is 1. The lowest BCUT2D eigenvalue weighted by Gasteiger charge is -2.30. The van der Waals surface area contributed by atoms with Gasteiger partial charge < -0.3 is 10.1 Å². The Labute approximate surface area is 181 Å². The first kappa shape index (κ1) is 21.1. The Morgan fingerprint density at radius 3 is 2.77 bits per heavy atom. The Morgan fingerprint density at radius 2 is 2.00 bits per heavy atom. The molecule has 1 fully saturated rings. The molecule has 6 nitrogen and oxygen atoms in total. The molecule has 0 saturated carbocycles. The maximum absolute atomic E-state index is 13.2. The summed E-state index contributed by atoms with van der Waals surface area (Å²) in [4.78, 5) is 29.6. The number of ether oxygens (including phenoxy) is 1. The SMILES string of the molecule is CCN1CCCC1CNC(=O)CN1C(=O)C(=Cc2ccc(F)cc2)Oc2ccccc21. The summed E-state index contributed by atoms with van der Waals surface area (Å²) >= 11 is 0. The van der Waals surface area contributed by atoms with Crippen LogP contribution in [0.15, 0.2) is 54.3 Å². The molecule has 2 aromatic carbocycles. The van der Waals surface area contributed by atoms with E-state index < -0.39 is 5.91 Å². The van der Waals surface area contributed by atoms with E-state index in [1.54, 1.807) is 36.4 Å². The number of halogens is 1. The van der Waals surface area contributed by atoms with Crippen molar-refractivity contribution in [3.8, 4) is 5.75 Å². The number of benzene rings is 2. The highest BCUT2D eigenvalue weighted by molar-refractivity contribution is 6.12. The molecule has 2 aliphatic heterocycles. The molecule has 2 aromatic rings. The summed E-state index contributed by atoms with van der Waals surface area (Å²) < 4.78 is 19.0. The van der Waals surface area contributed by atoms with E-state index in [9.17, 15) is 14.0 Å². The van der Waals surface area contributed by atoms with E-state index >= 15 is 0 Å².